The van der Waals surface area contributed by atoms with E-state index < -0.39 is 0 Å². The van der Waals surface area contributed by atoms with Gasteiger partial charge in [0.25, 0.3) is 5.91 Å². The highest BCUT2D eigenvalue weighted by Gasteiger charge is 2.20. The third-order valence-corrected chi connectivity index (χ3v) is 6.21. The van der Waals surface area contributed by atoms with E-state index in [1.54, 1.807) is 11.3 Å². The number of fused-ring (bicyclic) bond motifs is 3. The van der Waals surface area contributed by atoms with Crippen LogP contribution in [0.25, 0.3) is 26.4 Å². The number of ether oxygens (including phenoxy) is 1. The van der Waals surface area contributed by atoms with Gasteiger partial charge in [-0.15, -0.1) is 0 Å². The number of hydrogen-bond donors (Lipinski definition) is 0. The number of rotatable bonds is 4. The number of benzene rings is 2. The minimum absolute atomic E-state index is 0.139. The van der Waals surface area contributed by atoms with E-state index >= 15 is 0 Å². The molecule has 1 amide bonds. The number of amides is 1. The fourth-order valence-corrected chi connectivity index (χ4v) is 4.81. The summed E-state index contributed by atoms with van der Waals surface area (Å²) in [6.07, 6.45) is 4.27. The molecule has 0 aliphatic carbocycles. The van der Waals surface area contributed by atoms with Gasteiger partial charge in [0, 0.05) is 30.4 Å². The average Bonchev–Trinajstić information content (AvgIpc) is 3.44. The summed E-state index contributed by atoms with van der Waals surface area (Å²) in [6.45, 7) is 4.38. The molecular weight excluding hydrogens is 370 g/mol. The predicted molar refractivity (Wildman–Crippen MR) is 112 cm³/mol. The molecule has 6 heteroatoms. The molecule has 5 rings (SSSR count). The van der Waals surface area contributed by atoms with Crippen LogP contribution in [0.3, 0.4) is 0 Å². The van der Waals surface area contributed by atoms with Crippen molar-refractivity contribution in [2.45, 2.75) is 19.8 Å². The molecule has 2 aromatic heterocycles. The predicted octanol–water partition coefficient (Wildman–Crippen LogP) is 4.85. The van der Waals surface area contributed by atoms with E-state index in [-0.39, 0.29) is 5.91 Å². The minimum Gasteiger partial charge on any atom is -0.494 e. The molecule has 142 valence electrons. The molecule has 0 N–H and O–H groups in total. The maximum atomic E-state index is 12.7. The summed E-state index contributed by atoms with van der Waals surface area (Å²) < 4.78 is 8.71. The van der Waals surface area contributed by atoms with Crippen LogP contribution in [-0.2, 0) is 0 Å². The molecule has 1 fully saturated rings. The zero-order valence-electron chi connectivity index (χ0n) is 15.7. The maximum absolute atomic E-state index is 12.7. The Morgan fingerprint density at radius 3 is 2.68 bits per heavy atom. The molecule has 5 nitrogen and oxygen atoms in total. The molecule has 1 saturated heterocycles. The van der Waals surface area contributed by atoms with Crippen LogP contribution in [0.2, 0.25) is 0 Å². The number of carbonyl (C=O) groups excluding carboxylic acids is 1. The van der Waals surface area contributed by atoms with Crippen LogP contribution in [0.4, 0.5) is 0 Å². The van der Waals surface area contributed by atoms with Crippen LogP contribution in [0.5, 0.6) is 5.75 Å². The molecule has 28 heavy (non-hydrogen) atoms. The molecular formula is C22H21N3O2S. The fourth-order valence-electron chi connectivity index (χ4n) is 3.76. The standard InChI is InChI=1S/C22H21N3O2S/c1-2-27-17-8-5-15(6-9-17)18-14-25-19-10-7-16(13-20(19)28-22(25)23-18)21(26)24-11-3-4-12-24/h5-10,13-14H,2-4,11-12H2,1H3. The van der Waals surface area contributed by atoms with Gasteiger partial charge in [-0.05, 0) is 62.2 Å². The lowest BCUT2D eigenvalue weighted by Crippen LogP contribution is -2.27. The van der Waals surface area contributed by atoms with E-state index in [9.17, 15) is 4.79 Å². The van der Waals surface area contributed by atoms with Gasteiger partial charge in [-0.1, -0.05) is 11.3 Å². The number of nitrogens with zero attached hydrogens (tertiary/aromatic N) is 3. The molecule has 0 spiro atoms. The van der Waals surface area contributed by atoms with Crippen LogP contribution in [0.1, 0.15) is 30.1 Å². The number of likely N-dealkylation sites (tertiary alicyclic amines) is 1. The zero-order chi connectivity index (χ0) is 19.1. The van der Waals surface area contributed by atoms with Crippen LogP contribution >= 0.6 is 11.3 Å². The summed E-state index contributed by atoms with van der Waals surface area (Å²) >= 11 is 1.62. The third kappa shape index (κ3) is 2.94. The van der Waals surface area contributed by atoms with Crippen molar-refractivity contribution in [2.75, 3.05) is 19.7 Å². The van der Waals surface area contributed by atoms with Gasteiger partial charge in [0.2, 0.25) is 0 Å². The molecule has 1 aliphatic rings. The Labute approximate surface area is 167 Å². The van der Waals surface area contributed by atoms with Crippen molar-refractivity contribution in [1.29, 1.82) is 0 Å². The Hall–Kier alpha value is -2.86. The van der Waals surface area contributed by atoms with Gasteiger partial charge in [-0.25, -0.2) is 4.98 Å². The number of imidazole rings is 1. The van der Waals surface area contributed by atoms with Gasteiger partial charge >= 0.3 is 0 Å². The van der Waals surface area contributed by atoms with Gasteiger partial charge < -0.3 is 9.64 Å². The van der Waals surface area contributed by atoms with Crippen molar-refractivity contribution < 1.29 is 9.53 Å². The second-order valence-corrected chi connectivity index (χ2v) is 8.03. The first-order valence-corrected chi connectivity index (χ1v) is 10.5. The van der Waals surface area contributed by atoms with E-state index in [0.717, 1.165) is 63.7 Å². The number of aromatic nitrogens is 2. The second kappa shape index (κ2) is 6.95. The normalized spacial score (nSPS) is 14.2. The highest BCUT2D eigenvalue weighted by atomic mass is 32.1. The Balaban J connectivity index is 1.48. The zero-order valence-corrected chi connectivity index (χ0v) is 16.5. The third-order valence-electron chi connectivity index (χ3n) is 5.20. The quantitative estimate of drug-likeness (QED) is 0.500. The molecule has 0 atom stereocenters. The SMILES string of the molecule is CCOc1ccc(-c2cn3c(n2)sc2cc(C(=O)N4CCCC4)ccc23)cc1. The summed E-state index contributed by atoms with van der Waals surface area (Å²) in [7, 11) is 0. The second-order valence-electron chi connectivity index (χ2n) is 7.02. The first-order chi connectivity index (χ1) is 13.7. The lowest BCUT2D eigenvalue weighted by molar-refractivity contribution is 0.0793. The minimum atomic E-state index is 0.139. The lowest BCUT2D eigenvalue weighted by atomic mass is 10.1. The highest BCUT2D eigenvalue weighted by molar-refractivity contribution is 7.23. The monoisotopic (exact) mass is 391 g/mol. The van der Waals surface area contributed by atoms with E-state index in [1.165, 1.54) is 0 Å². The largest absolute Gasteiger partial charge is 0.494 e. The van der Waals surface area contributed by atoms with Crippen LogP contribution in [0, 0.1) is 0 Å². The van der Waals surface area contributed by atoms with Gasteiger partial charge in [-0.3, -0.25) is 9.20 Å². The Kier molecular flexibility index (Phi) is 4.28. The Bertz CT molecular complexity index is 1150. The van der Waals surface area contributed by atoms with Gasteiger partial charge in [0.15, 0.2) is 4.96 Å². The first-order valence-electron chi connectivity index (χ1n) is 9.67. The molecule has 0 unspecified atom stereocenters. The van der Waals surface area contributed by atoms with Gasteiger partial charge in [0.05, 0.1) is 22.5 Å². The van der Waals surface area contributed by atoms with Crippen molar-refractivity contribution in [3.05, 3.63) is 54.2 Å². The molecule has 2 aromatic carbocycles. The molecule has 0 radical (unpaired) electrons. The van der Waals surface area contributed by atoms with Crippen LogP contribution < -0.4 is 4.74 Å². The summed E-state index contributed by atoms with van der Waals surface area (Å²) in [4.78, 5) is 20.3. The lowest BCUT2D eigenvalue weighted by Gasteiger charge is -2.14. The van der Waals surface area contributed by atoms with E-state index in [2.05, 4.69) is 10.6 Å². The summed E-state index contributed by atoms with van der Waals surface area (Å²) in [5.41, 5.74) is 3.86. The summed E-state index contributed by atoms with van der Waals surface area (Å²) in [6, 6.07) is 14.0. The molecule has 3 heterocycles. The smallest absolute Gasteiger partial charge is 0.253 e. The first kappa shape index (κ1) is 17.3. The van der Waals surface area contributed by atoms with E-state index in [4.69, 9.17) is 9.72 Å². The van der Waals surface area contributed by atoms with Crippen molar-refractivity contribution >= 4 is 32.4 Å². The van der Waals surface area contributed by atoms with Gasteiger partial charge in [-0.2, -0.15) is 0 Å². The molecule has 1 aliphatic heterocycles. The van der Waals surface area contributed by atoms with Gasteiger partial charge in [0.1, 0.15) is 5.75 Å². The maximum Gasteiger partial charge on any atom is 0.253 e. The highest BCUT2D eigenvalue weighted by Crippen LogP contribution is 2.31. The fraction of sp³-hybridized carbons (Fsp3) is 0.273. The van der Waals surface area contributed by atoms with E-state index in [1.807, 2.05) is 54.3 Å². The Morgan fingerprint density at radius 1 is 1.14 bits per heavy atom. The number of hydrogen-bond acceptors (Lipinski definition) is 4. The number of thiazole rings is 1. The molecule has 0 bridgehead atoms. The van der Waals surface area contributed by atoms with Crippen LogP contribution in [0.15, 0.2) is 48.7 Å². The molecule has 4 aromatic rings. The van der Waals surface area contributed by atoms with Crippen molar-refractivity contribution in [3.8, 4) is 17.0 Å². The summed E-state index contributed by atoms with van der Waals surface area (Å²) in [5, 5.41) is 0. The van der Waals surface area contributed by atoms with Crippen molar-refractivity contribution in [2.24, 2.45) is 0 Å². The summed E-state index contributed by atoms with van der Waals surface area (Å²) in [5.74, 6) is 1.01. The van der Waals surface area contributed by atoms with Crippen molar-refractivity contribution in [3.63, 3.8) is 0 Å². The average molecular weight is 391 g/mol. The van der Waals surface area contributed by atoms with Crippen molar-refractivity contribution in [1.82, 2.24) is 14.3 Å². The topological polar surface area (TPSA) is 46.8 Å². The molecule has 0 saturated carbocycles. The van der Waals surface area contributed by atoms with E-state index in [0.29, 0.717) is 6.61 Å². The Morgan fingerprint density at radius 2 is 1.93 bits per heavy atom. The van der Waals surface area contributed by atoms with Crippen LogP contribution in [-0.4, -0.2) is 39.9 Å². The number of carbonyl (C=O) groups is 1.